The van der Waals surface area contributed by atoms with Crippen molar-refractivity contribution in [2.75, 3.05) is 10.3 Å². The van der Waals surface area contributed by atoms with Crippen LogP contribution in [0.2, 0.25) is 0 Å². The van der Waals surface area contributed by atoms with E-state index in [2.05, 4.69) is 34.9 Å². The van der Waals surface area contributed by atoms with E-state index in [0.29, 0.717) is 28.7 Å². The molecular weight excluding hydrogens is 611 g/mol. The molecule has 1 aliphatic heterocycles. The van der Waals surface area contributed by atoms with Crippen LogP contribution in [0.4, 0.5) is 11.4 Å². The molecule has 5 rings (SSSR count). The summed E-state index contributed by atoms with van der Waals surface area (Å²) in [6, 6.07) is 32.6. The number of hydrogen-bond acceptors (Lipinski definition) is 6. The van der Waals surface area contributed by atoms with Gasteiger partial charge in [-0.3, -0.25) is 19.2 Å². The summed E-state index contributed by atoms with van der Waals surface area (Å²) in [6.45, 7) is 5.98. The van der Waals surface area contributed by atoms with E-state index in [0.717, 1.165) is 10.5 Å². The number of nitrogens with zero attached hydrogens (tertiary/aromatic N) is 2. The Bertz CT molecular complexity index is 1810. The highest BCUT2D eigenvalue weighted by atomic mass is 32.2. The van der Waals surface area contributed by atoms with Gasteiger partial charge in [0.1, 0.15) is 11.5 Å². The van der Waals surface area contributed by atoms with Crippen LogP contribution in [0.15, 0.2) is 125 Å². The number of benzene rings is 4. The predicted octanol–water partition coefficient (Wildman–Crippen LogP) is 6.57. The number of hydrogen-bond donors (Lipinski definition) is 3. The predicted molar refractivity (Wildman–Crippen MR) is 187 cm³/mol. The highest BCUT2D eigenvalue weighted by molar-refractivity contribution is 8.00. The highest BCUT2D eigenvalue weighted by Crippen LogP contribution is 2.26. The van der Waals surface area contributed by atoms with Crippen LogP contribution in [0.25, 0.3) is 6.08 Å². The minimum absolute atomic E-state index is 0.0118. The quantitative estimate of drug-likeness (QED) is 0.133. The first-order valence-electron chi connectivity index (χ1n) is 15.2. The number of thioether (sulfide) groups is 1. The van der Waals surface area contributed by atoms with Crippen LogP contribution in [0.5, 0.6) is 0 Å². The molecule has 0 radical (unpaired) electrons. The molecule has 9 nitrogen and oxygen atoms in total. The third kappa shape index (κ3) is 8.83. The molecule has 47 heavy (non-hydrogen) atoms. The second-order valence-electron chi connectivity index (χ2n) is 11.2. The number of nitrogens with one attached hydrogen (secondary N) is 3. The lowest BCUT2D eigenvalue weighted by Crippen LogP contribution is -2.35. The fourth-order valence-corrected chi connectivity index (χ4v) is 5.54. The number of hydrazone groups is 1. The molecule has 0 aromatic heterocycles. The zero-order chi connectivity index (χ0) is 33.3. The van der Waals surface area contributed by atoms with Crippen molar-refractivity contribution in [3.8, 4) is 0 Å². The average molecular weight is 646 g/mol. The zero-order valence-corrected chi connectivity index (χ0v) is 27.1. The summed E-state index contributed by atoms with van der Waals surface area (Å²) in [5.41, 5.74) is 3.63. The molecule has 0 aliphatic carbocycles. The number of carbonyl (C=O) groups is 4. The van der Waals surface area contributed by atoms with Crippen molar-refractivity contribution in [2.45, 2.75) is 43.3 Å². The fourth-order valence-electron chi connectivity index (χ4n) is 4.67. The monoisotopic (exact) mass is 645 g/mol. The molecule has 0 saturated carbocycles. The minimum atomic E-state index is -0.483. The molecule has 10 heteroatoms. The van der Waals surface area contributed by atoms with Crippen LogP contribution >= 0.6 is 11.8 Å². The lowest BCUT2D eigenvalue weighted by molar-refractivity contribution is -0.119. The Kier molecular flexibility index (Phi) is 10.6. The standard InChI is InChI=1S/C37H35N5O4S/c1-24(2)27-16-14-26(15-17-27)22-32(39-36(45)28-10-6-4-7-11-28)37(46)38-29-18-20-31(21-19-29)47-25(3)35(44)40-33-23-34(43)42(41-33)30-12-8-5-9-13-30/h4-22,24-25H,23H2,1-3H3,(H,38,46)(H,39,45)(H,40,41,44)/b32-22-. The van der Waals surface area contributed by atoms with Crippen molar-refractivity contribution < 1.29 is 19.2 Å². The zero-order valence-electron chi connectivity index (χ0n) is 26.3. The van der Waals surface area contributed by atoms with Gasteiger partial charge in [0.15, 0.2) is 0 Å². The summed E-state index contributed by atoms with van der Waals surface area (Å²) < 4.78 is 0. The fraction of sp³-hybridized carbons (Fsp3) is 0.162. The summed E-state index contributed by atoms with van der Waals surface area (Å²) in [7, 11) is 0. The molecule has 1 atom stereocenters. The first-order valence-corrected chi connectivity index (χ1v) is 16.1. The van der Waals surface area contributed by atoms with E-state index in [-0.39, 0.29) is 23.9 Å². The number of carbonyl (C=O) groups excluding carboxylic acids is 4. The summed E-state index contributed by atoms with van der Waals surface area (Å²) in [4.78, 5) is 52.5. The Morgan fingerprint density at radius 2 is 1.45 bits per heavy atom. The van der Waals surface area contributed by atoms with E-state index < -0.39 is 17.1 Å². The van der Waals surface area contributed by atoms with Crippen LogP contribution < -0.4 is 21.0 Å². The topological polar surface area (TPSA) is 120 Å². The molecule has 0 fully saturated rings. The van der Waals surface area contributed by atoms with Gasteiger partial charge in [0.25, 0.3) is 17.7 Å². The van der Waals surface area contributed by atoms with Crippen molar-refractivity contribution in [2.24, 2.45) is 5.10 Å². The van der Waals surface area contributed by atoms with Gasteiger partial charge in [0.05, 0.1) is 17.4 Å². The van der Waals surface area contributed by atoms with E-state index in [1.54, 1.807) is 73.7 Å². The van der Waals surface area contributed by atoms with Gasteiger partial charge in [0, 0.05) is 16.1 Å². The first-order chi connectivity index (χ1) is 22.7. The van der Waals surface area contributed by atoms with Gasteiger partial charge in [-0.25, -0.2) is 0 Å². The lowest BCUT2D eigenvalue weighted by atomic mass is 10.0. The van der Waals surface area contributed by atoms with Gasteiger partial charge >= 0.3 is 0 Å². The summed E-state index contributed by atoms with van der Waals surface area (Å²) in [5.74, 6) is -0.707. The Morgan fingerprint density at radius 1 is 0.809 bits per heavy atom. The second kappa shape index (κ2) is 15.2. The maximum absolute atomic E-state index is 13.4. The van der Waals surface area contributed by atoms with Gasteiger partial charge in [-0.2, -0.15) is 10.1 Å². The Labute approximate surface area is 278 Å². The Hall–Kier alpha value is -5.48. The van der Waals surface area contributed by atoms with E-state index in [1.807, 2.05) is 48.5 Å². The molecule has 0 spiro atoms. The van der Waals surface area contributed by atoms with E-state index in [9.17, 15) is 19.2 Å². The number of anilines is 2. The van der Waals surface area contributed by atoms with Crippen LogP contribution in [0, 0.1) is 0 Å². The van der Waals surface area contributed by atoms with Gasteiger partial charge < -0.3 is 16.0 Å². The van der Waals surface area contributed by atoms with Gasteiger partial charge in [0.2, 0.25) is 5.91 Å². The molecule has 4 aromatic rings. The molecule has 1 heterocycles. The molecule has 4 aromatic carbocycles. The van der Waals surface area contributed by atoms with Gasteiger partial charge in [-0.05, 0) is 78.6 Å². The molecule has 238 valence electrons. The van der Waals surface area contributed by atoms with E-state index in [4.69, 9.17) is 0 Å². The van der Waals surface area contributed by atoms with Crippen molar-refractivity contribution in [1.29, 1.82) is 0 Å². The van der Waals surface area contributed by atoms with Crippen LogP contribution in [-0.2, 0) is 14.4 Å². The normalized spacial score (nSPS) is 13.6. The molecule has 3 N–H and O–H groups in total. The molecule has 1 aliphatic rings. The number of rotatable bonds is 10. The highest BCUT2D eigenvalue weighted by Gasteiger charge is 2.27. The minimum Gasteiger partial charge on any atom is -0.321 e. The maximum atomic E-state index is 13.4. The molecule has 4 amide bonds. The number of para-hydroxylation sites is 1. The van der Waals surface area contributed by atoms with Gasteiger partial charge in [-0.1, -0.05) is 74.5 Å². The molecule has 0 saturated heterocycles. The lowest BCUT2D eigenvalue weighted by Gasteiger charge is -2.13. The van der Waals surface area contributed by atoms with Crippen molar-refractivity contribution in [1.82, 2.24) is 10.6 Å². The second-order valence-corrected chi connectivity index (χ2v) is 12.6. The third-order valence-electron chi connectivity index (χ3n) is 7.28. The van der Waals surface area contributed by atoms with Crippen LogP contribution in [-0.4, -0.2) is 34.7 Å². The van der Waals surface area contributed by atoms with Crippen molar-refractivity contribution in [3.05, 3.63) is 132 Å². The SMILES string of the molecule is CC(Sc1ccc(NC(=O)/C(=C/c2ccc(C(C)C)cc2)NC(=O)c2ccccc2)cc1)C(=O)NC1=NN(c2ccccc2)C(=O)C1. The summed E-state index contributed by atoms with van der Waals surface area (Å²) in [6.07, 6.45) is 1.66. The largest absolute Gasteiger partial charge is 0.321 e. The van der Waals surface area contributed by atoms with Crippen LogP contribution in [0.3, 0.4) is 0 Å². The first kappa shape index (κ1) is 32.9. The van der Waals surface area contributed by atoms with Crippen molar-refractivity contribution in [3.63, 3.8) is 0 Å². The number of amides is 4. The number of amidine groups is 1. The van der Waals surface area contributed by atoms with Crippen LogP contribution in [0.1, 0.15) is 54.6 Å². The Balaban J connectivity index is 1.22. The van der Waals surface area contributed by atoms with E-state index in [1.165, 1.54) is 22.3 Å². The third-order valence-corrected chi connectivity index (χ3v) is 8.39. The summed E-state index contributed by atoms with van der Waals surface area (Å²) in [5, 5.41) is 13.5. The molecule has 0 bridgehead atoms. The van der Waals surface area contributed by atoms with E-state index >= 15 is 0 Å². The smallest absolute Gasteiger partial charge is 0.272 e. The molecular formula is C37H35N5O4S. The van der Waals surface area contributed by atoms with Crippen molar-refractivity contribution >= 4 is 58.7 Å². The van der Waals surface area contributed by atoms with Gasteiger partial charge in [-0.15, -0.1) is 11.8 Å². The Morgan fingerprint density at radius 3 is 2.09 bits per heavy atom. The molecule has 1 unspecified atom stereocenters. The maximum Gasteiger partial charge on any atom is 0.272 e. The average Bonchev–Trinajstić information content (AvgIpc) is 3.45. The summed E-state index contributed by atoms with van der Waals surface area (Å²) >= 11 is 1.33.